The third-order valence-corrected chi connectivity index (χ3v) is 2.22. The van der Waals surface area contributed by atoms with Crippen molar-refractivity contribution < 1.29 is 9.66 Å². The minimum absolute atomic E-state index is 0.0474. The third kappa shape index (κ3) is 2.41. The number of hydrogen-bond acceptors (Lipinski definition) is 4. The Balaban J connectivity index is 2.35. The van der Waals surface area contributed by atoms with E-state index in [0.717, 1.165) is 5.56 Å². The fraction of sp³-hybridized carbons (Fsp3) is 0.182. The Kier molecular flexibility index (Phi) is 2.78. The standard InChI is InChI=1S/C11H11N3O3/c1-8-3-4-11(10(5-8)14(15)16)17-9-6-12-13(2)7-9/h3-7H,1-2H3. The fourth-order valence-electron chi connectivity index (χ4n) is 1.43. The maximum absolute atomic E-state index is 10.9. The van der Waals surface area contributed by atoms with E-state index in [1.807, 2.05) is 0 Å². The van der Waals surface area contributed by atoms with E-state index in [4.69, 9.17) is 4.74 Å². The van der Waals surface area contributed by atoms with Gasteiger partial charge >= 0.3 is 5.69 Å². The highest BCUT2D eigenvalue weighted by Gasteiger charge is 2.16. The Labute approximate surface area is 97.6 Å². The molecule has 0 N–H and O–H groups in total. The van der Waals surface area contributed by atoms with Crippen LogP contribution < -0.4 is 4.74 Å². The predicted molar refractivity (Wildman–Crippen MR) is 61.1 cm³/mol. The van der Waals surface area contributed by atoms with Gasteiger partial charge in [-0.15, -0.1) is 0 Å². The van der Waals surface area contributed by atoms with Crippen LogP contribution in [0.3, 0.4) is 0 Å². The van der Waals surface area contributed by atoms with E-state index in [-0.39, 0.29) is 11.4 Å². The molecule has 0 aliphatic heterocycles. The average molecular weight is 233 g/mol. The van der Waals surface area contributed by atoms with E-state index < -0.39 is 4.92 Å². The maximum Gasteiger partial charge on any atom is 0.311 e. The van der Waals surface area contributed by atoms with Gasteiger partial charge < -0.3 is 4.74 Å². The normalized spacial score (nSPS) is 10.2. The van der Waals surface area contributed by atoms with Crippen LogP contribution in [0.1, 0.15) is 5.56 Å². The Morgan fingerprint density at radius 3 is 2.82 bits per heavy atom. The number of benzene rings is 1. The van der Waals surface area contributed by atoms with Gasteiger partial charge in [0.15, 0.2) is 5.75 Å². The van der Waals surface area contributed by atoms with Gasteiger partial charge in [0, 0.05) is 13.1 Å². The molecule has 1 heterocycles. The van der Waals surface area contributed by atoms with Crippen molar-refractivity contribution in [3.63, 3.8) is 0 Å². The van der Waals surface area contributed by atoms with E-state index in [1.165, 1.54) is 12.3 Å². The number of nitro groups is 1. The molecule has 2 aromatic rings. The van der Waals surface area contributed by atoms with Crippen molar-refractivity contribution in [3.05, 3.63) is 46.3 Å². The summed E-state index contributed by atoms with van der Waals surface area (Å²) in [5.41, 5.74) is 0.768. The van der Waals surface area contributed by atoms with Crippen molar-refractivity contribution >= 4 is 5.69 Å². The summed E-state index contributed by atoms with van der Waals surface area (Å²) in [5, 5.41) is 14.8. The Morgan fingerprint density at radius 1 is 1.47 bits per heavy atom. The Morgan fingerprint density at radius 2 is 2.24 bits per heavy atom. The molecule has 1 aromatic heterocycles. The van der Waals surface area contributed by atoms with Crippen LogP contribution in [0.4, 0.5) is 5.69 Å². The quantitative estimate of drug-likeness (QED) is 0.603. The smallest absolute Gasteiger partial charge is 0.311 e. The molecule has 0 radical (unpaired) electrons. The topological polar surface area (TPSA) is 70.2 Å². The second-order valence-electron chi connectivity index (χ2n) is 3.68. The van der Waals surface area contributed by atoms with Crippen molar-refractivity contribution in [2.75, 3.05) is 0 Å². The average Bonchev–Trinajstić information content (AvgIpc) is 2.66. The van der Waals surface area contributed by atoms with Gasteiger partial charge in [0.2, 0.25) is 5.75 Å². The lowest BCUT2D eigenvalue weighted by Gasteiger charge is -2.04. The van der Waals surface area contributed by atoms with E-state index in [9.17, 15) is 10.1 Å². The monoisotopic (exact) mass is 233 g/mol. The second-order valence-corrected chi connectivity index (χ2v) is 3.68. The molecule has 2 rings (SSSR count). The maximum atomic E-state index is 10.9. The molecule has 0 unspecified atom stereocenters. The minimum Gasteiger partial charge on any atom is -0.447 e. The van der Waals surface area contributed by atoms with Gasteiger partial charge in [-0.3, -0.25) is 14.8 Å². The van der Waals surface area contributed by atoms with Crippen LogP contribution in [0, 0.1) is 17.0 Å². The van der Waals surface area contributed by atoms with Gasteiger partial charge in [-0.25, -0.2) is 0 Å². The summed E-state index contributed by atoms with van der Waals surface area (Å²) in [6, 6.07) is 4.82. The number of nitrogens with zero attached hydrogens (tertiary/aromatic N) is 3. The molecule has 0 aliphatic rings. The first-order valence-electron chi connectivity index (χ1n) is 4.98. The third-order valence-electron chi connectivity index (χ3n) is 2.22. The van der Waals surface area contributed by atoms with E-state index in [2.05, 4.69) is 5.10 Å². The summed E-state index contributed by atoms with van der Waals surface area (Å²) in [5.74, 6) is 0.688. The molecule has 0 bridgehead atoms. The molecule has 0 saturated heterocycles. The Bertz CT molecular complexity index is 563. The second kappa shape index (κ2) is 4.25. The summed E-state index contributed by atoms with van der Waals surface area (Å²) in [4.78, 5) is 10.4. The van der Waals surface area contributed by atoms with Crippen LogP contribution in [-0.2, 0) is 7.05 Å². The summed E-state index contributed by atoms with van der Waals surface area (Å²) >= 11 is 0. The van der Waals surface area contributed by atoms with Crippen LogP contribution >= 0.6 is 0 Å². The summed E-state index contributed by atoms with van der Waals surface area (Å²) in [6.07, 6.45) is 3.15. The number of rotatable bonds is 3. The van der Waals surface area contributed by atoms with Crippen LogP contribution in [0.5, 0.6) is 11.5 Å². The molecule has 88 valence electrons. The van der Waals surface area contributed by atoms with Gasteiger partial charge in [-0.1, -0.05) is 6.07 Å². The zero-order valence-corrected chi connectivity index (χ0v) is 9.45. The van der Waals surface area contributed by atoms with Crippen LogP contribution in [0.25, 0.3) is 0 Å². The van der Waals surface area contributed by atoms with Crippen molar-refractivity contribution in [2.24, 2.45) is 7.05 Å². The molecule has 17 heavy (non-hydrogen) atoms. The molecular weight excluding hydrogens is 222 g/mol. The summed E-state index contributed by atoms with van der Waals surface area (Å²) in [6.45, 7) is 1.79. The molecule has 0 fully saturated rings. The molecule has 6 heteroatoms. The van der Waals surface area contributed by atoms with Crippen molar-refractivity contribution in [1.29, 1.82) is 0 Å². The summed E-state index contributed by atoms with van der Waals surface area (Å²) < 4.78 is 6.99. The predicted octanol–water partition coefficient (Wildman–Crippen LogP) is 2.43. The largest absolute Gasteiger partial charge is 0.447 e. The molecule has 6 nitrogen and oxygen atoms in total. The minimum atomic E-state index is -0.460. The van der Waals surface area contributed by atoms with Crippen molar-refractivity contribution in [2.45, 2.75) is 6.92 Å². The van der Waals surface area contributed by atoms with Crippen molar-refractivity contribution in [1.82, 2.24) is 9.78 Å². The lowest BCUT2D eigenvalue weighted by atomic mass is 10.2. The molecule has 0 atom stereocenters. The van der Waals surface area contributed by atoms with Crippen LogP contribution in [0.15, 0.2) is 30.6 Å². The van der Waals surface area contributed by atoms with Crippen molar-refractivity contribution in [3.8, 4) is 11.5 Å². The number of aromatic nitrogens is 2. The van der Waals surface area contributed by atoms with Crippen LogP contribution in [-0.4, -0.2) is 14.7 Å². The first-order valence-corrected chi connectivity index (χ1v) is 4.98. The highest BCUT2D eigenvalue weighted by Crippen LogP contribution is 2.31. The molecule has 1 aromatic carbocycles. The molecular formula is C11H11N3O3. The molecule has 0 amide bonds. The van der Waals surface area contributed by atoms with Gasteiger partial charge in [0.25, 0.3) is 0 Å². The Hall–Kier alpha value is -2.37. The lowest BCUT2D eigenvalue weighted by Crippen LogP contribution is -1.93. The first kappa shape index (κ1) is 11.1. The van der Waals surface area contributed by atoms with Crippen LogP contribution in [0.2, 0.25) is 0 Å². The van der Waals surface area contributed by atoms with E-state index >= 15 is 0 Å². The highest BCUT2D eigenvalue weighted by molar-refractivity contribution is 5.50. The number of nitro benzene ring substituents is 1. The zero-order chi connectivity index (χ0) is 12.4. The molecule has 0 aliphatic carbocycles. The van der Waals surface area contributed by atoms with Gasteiger partial charge in [0.1, 0.15) is 0 Å². The number of hydrogen-bond donors (Lipinski definition) is 0. The summed E-state index contributed by atoms with van der Waals surface area (Å²) in [7, 11) is 1.75. The number of aryl methyl sites for hydroxylation is 2. The highest BCUT2D eigenvalue weighted by atomic mass is 16.6. The SMILES string of the molecule is Cc1ccc(Oc2cnn(C)c2)c([N+](=O)[O-])c1. The molecule has 0 spiro atoms. The zero-order valence-electron chi connectivity index (χ0n) is 9.45. The first-order chi connectivity index (χ1) is 8.06. The van der Waals surface area contributed by atoms with E-state index in [1.54, 1.807) is 37.0 Å². The van der Waals surface area contributed by atoms with E-state index in [0.29, 0.717) is 5.75 Å². The fourth-order valence-corrected chi connectivity index (χ4v) is 1.43. The van der Waals surface area contributed by atoms with Gasteiger partial charge in [0.05, 0.1) is 17.3 Å². The lowest BCUT2D eigenvalue weighted by molar-refractivity contribution is -0.385. The number of ether oxygens (including phenoxy) is 1. The van der Waals surface area contributed by atoms with Gasteiger partial charge in [-0.2, -0.15) is 5.10 Å². The molecule has 0 saturated carbocycles. The van der Waals surface area contributed by atoms with Gasteiger partial charge in [-0.05, 0) is 18.6 Å².